The van der Waals surface area contributed by atoms with Gasteiger partial charge in [0.05, 0.1) is 12.6 Å². The zero-order chi connectivity index (χ0) is 16.2. The molecule has 1 aromatic carbocycles. The summed E-state index contributed by atoms with van der Waals surface area (Å²) in [5.41, 5.74) is 0.0518. The van der Waals surface area contributed by atoms with Crippen LogP contribution in [0.15, 0.2) is 30.3 Å². The largest absolute Gasteiger partial charge is 0.363 e. The Hall–Kier alpha value is -2.21. The highest BCUT2D eigenvalue weighted by atomic mass is 16.5. The van der Waals surface area contributed by atoms with Gasteiger partial charge in [0.15, 0.2) is 5.82 Å². The van der Waals surface area contributed by atoms with Crippen molar-refractivity contribution in [2.75, 3.05) is 0 Å². The molecule has 6 nitrogen and oxygen atoms in total. The second-order valence-corrected chi connectivity index (χ2v) is 5.83. The first-order valence-electron chi connectivity index (χ1n) is 7.31. The zero-order valence-corrected chi connectivity index (χ0v) is 13.4. The third-order valence-electron chi connectivity index (χ3n) is 3.06. The first-order valence-corrected chi connectivity index (χ1v) is 7.31. The molecule has 0 aliphatic rings. The average molecular weight is 302 g/mol. The van der Waals surface area contributed by atoms with Crippen LogP contribution in [0.5, 0.6) is 0 Å². The Morgan fingerprint density at radius 2 is 2.00 bits per heavy atom. The fourth-order valence-corrected chi connectivity index (χ4v) is 2.11. The number of benzene rings is 1. The number of nitrogens with one attached hydrogen (secondary N) is 2. The first-order chi connectivity index (χ1) is 10.4. The summed E-state index contributed by atoms with van der Waals surface area (Å²) in [4.78, 5) is 16.5. The number of hydrogen-bond acceptors (Lipinski definition) is 4. The Morgan fingerprint density at radius 3 is 2.64 bits per heavy atom. The van der Waals surface area contributed by atoms with Gasteiger partial charge < -0.3 is 10.1 Å². The molecule has 0 aliphatic carbocycles. The Bertz CT molecular complexity index is 620. The van der Waals surface area contributed by atoms with Gasteiger partial charge in [-0.25, -0.2) is 4.98 Å². The Kier molecular flexibility index (Phi) is 4.92. The topological polar surface area (TPSA) is 79.9 Å². The summed E-state index contributed by atoms with van der Waals surface area (Å²) in [6.07, 6.45) is -0.0179. The van der Waals surface area contributed by atoms with Crippen LogP contribution in [0.2, 0.25) is 0 Å². The molecule has 0 bridgehead atoms. The van der Waals surface area contributed by atoms with Gasteiger partial charge in [-0.2, -0.15) is 5.10 Å². The van der Waals surface area contributed by atoms with Gasteiger partial charge in [-0.3, -0.25) is 9.89 Å². The summed E-state index contributed by atoms with van der Waals surface area (Å²) < 4.78 is 5.60. The van der Waals surface area contributed by atoms with Gasteiger partial charge in [-0.15, -0.1) is 0 Å². The minimum absolute atomic E-state index is 0.0179. The highest BCUT2D eigenvalue weighted by molar-refractivity contribution is 5.84. The van der Waals surface area contributed by atoms with E-state index in [1.165, 1.54) is 0 Å². The fourth-order valence-electron chi connectivity index (χ4n) is 2.11. The predicted molar refractivity (Wildman–Crippen MR) is 84.0 cm³/mol. The highest BCUT2D eigenvalue weighted by Crippen LogP contribution is 2.14. The van der Waals surface area contributed by atoms with E-state index in [2.05, 4.69) is 20.5 Å². The number of carbonyl (C=O) groups is 1. The van der Waals surface area contributed by atoms with Crippen molar-refractivity contribution in [3.05, 3.63) is 36.2 Å². The Balaban J connectivity index is 1.95. The van der Waals surface area contributed by atoms with E-state index >= 15 is 0 Å². The molecule has 2 aromatic rings. The first kappa shape index (κ1) is 16.2. The Labute approximate surface area is 130 Å². The number of H-pyrrole nitrogens is 1. The molecule has 0 radical (unpaired) electrons. The number of carbonyl (C=O) groups excluding carboxylic acids is 1. The van der Waals surface area contributed by atoms with Crippen LogP contribution >= 0.6 is 0 Å². The minimum atomic E-state index is -0.879. The smallest absolute Gasteiger partial charge is 0.252 e. The number of hydrogen-bond donors (Lipinski definition) is 2. The van der Waals surface area contributed by atoms with E-state index in [-0.39, 0.29) is 18.6 Å². The lowest BCUT2D eigenvalue weighted by Gasteiger charge is -2.26. The van der Waals surface area contributed by atoms with E-state index in [1.807, 2.05) is 44.2 Å². The lowest BCUT2D eigenvalue weighted by Crippen LogP contribution is -2.45. The van der Waals surface area contributed by atoms with Gasteiger partial charge in [0.25, 0.3) is 5.91 Å². The van der Waals surface area contributed by atoms with Crippen molar-refractivity contribution in [2.45, 2.75) is 45.9 Å². The van der Waals surface area contributed by atoms with E-state index in [0.29, 0.717) is 11.6 Å². The molecule has 1 heterocycles. The third-order valence-corrected chi connectivity index (χ3v) is 3.06. The molecule has 118 valence electrons. The van der Waals surface area contributed by atoms with Crippen LogP contribution in [0, 0.1) is 0 Å². The van der Waals surface area contributed by atoms with E-state index < -0.39 is 5.60 Å². The summed E-state index contributed by atoms with van der Waals surface area (Å²) in [5.74, 6) is 1.04. The van der Waals surface area contributed by atoms with Crippen molar-refractivity contribution in [3.8, 4) is 11.4 Å². The van der Waals surface area contributed by atoms with E-state index in [0.717, 1.165) is 5.56 Å². The number of ether oxygens (including phenoxy) is 1. The molecule has 22 heavy (non-hydrogen) atoms. The summed E-state index contributed by atoms with van der Waals surface area (Å²) >= 11 is 0. The summed E-state index contributed by atoms with van der Waals surface area (Å²) in [7, 11) is 0. The molecule has 0 unspecified atom stereocenters. The van der Waals surface area contributed by atoms with Crippen LogP contribution in [0.4, 0.5) is 0 Å². The molecule has 2 rings (SSSR count). The van der Waals surface area contributed by atoms with Crippen LogP contribution in [-0.4, -0.2) is 32.8 Å². The second kappa shape index (κ2) is 6.70. The SMILES string of the molecule is CC(C)OC(C)(C)C(=O)NCc1nc(-c2ccccc2)n[nH]1. The third kappa shape index (κ3) is 4.14. The summed E-state index contributed by atoms with van der Waals surface area (Å²) in [6.45, 7) is 7.58. The molecule has 2 N–H and O–H groups in total. The summed E-state index contributed by atoms with van der Waals surface area (Å²) in [5, 5.41) is 9.80. The van der Waals surface area contributed by atoms with Crippen molar-refractivity contribution >= 4 is 5.91 Å². The molecule has 0 fully saturated rings. The van der Waals surface area contributed by atoms with E-state index in [4.69, 9.17) is 4.74 Å². The lowest BCUT2D eigenvalue weighted by atomic mass is 10.1. The van der Waals surface area contributed by atoms with Crippen molar-refractivity contribution in [2.24, 2.45) is 0 Å². The summed E-state index contributed by atoms with van der Waals surface area (Å²) in [6, 6.07) is 9.67. The van der Waals surface area contributed by atoms with Crippen LogP contribution in [0.3, 0.4) is 0 Å². The molecule has 0 spiro atoms. The van der Waals surface area contributed by atoms with Crippen LogP contribution in [0.1, 0.15) is 33.5 Å². The normalized spacial score (nSPS) is 11.7. The predicted octanol–water partition coefficient (Wildman–Crippen LogP) is 2.29. The standard InChI is InChI=1S/C16H22N4O2/c1-11(2)22-16(3,4)15(21)17-10-13-18-14(20-19-13)12-8-6-5-7-9-12/h5-9,11H,10H2,1-4H3,(H,17,21)(H,18,19,20). The number of nitrogens with zero attached hydrogens (tertiary/aromatic N) is 2. The van der Waals surface area contributed by atoms with Crippen molar-refractivity contribution in [3.63, 3.8) is 0 Å². The van der Waals surface area contributed by atoms with Gasteiger partial charge in [0, 0.05) is 5.56 Å². The molecule has 0 saturated heterocycles. The molecule has 1 aromatic heterocycles. The van der Waals surface area contributed by atoms with Gasteiger partial charge in [-0.05, 0) is 27.7 Å². The fraction of sp³-hybridized carbons (Fsp3) is 0.438. The van der Waals surface area contributed by atoms with E-state index in [1.54, 1.807) is 13.8 Å². The number of rotatable bonds is 6. The highest BCUT2D eigenvalue weighted by Gasteiger charge is 2.29. The Morgan fingerprint density at radius 1 is 1.32 bits per heavy atom. The van der Waals surface area contributed by atoms with Gasteiger partial charge in [0.1, 0.15) is 11.4 Å². The number of amides is 1. The molecule has 1 amide bonds. The molecule has 0 aliphatic heterocycles. The van der Waals surface area contributed by atoms with Crippen LogP contribution in [-0.2, 0) is 16.1 Å². The van der Waals surface area contributed by atoms with Crippen molar-refractivity contribution in [1.29, 1.82) is 0 Å². The van der Waals surface area contributed by atoms with Gasteiger partial charge in [0.2, 0.25) is 0 Å². The molecule has 0 atom stereocenters. The maximum atomic E-state index is 12.2. The van der Waals surface area contributed by atoms with Gasteiger partial charge in [-0.1, -0.05) is 30.3 Å². The molecule has 6 heteroatoms. The quantitative estimate of drug-likeness (QED) is 0.858. The van der Waals surface area contributed by atoms with Gasteiger partial charge >= 0.3 is 0 Å². The lowest BCUT2D eigenvalue weighted by molar-refractivity contribution is -0.147. The molecular formula is C16H22N4O2. The molecular weight excluding hydrogens is 280 g/mol. The van der Waals surface area contributed by atoms with E-state index in [9.17, 15) is 4.79 Å². The maximum Gasteiger partial charge on any atom is 0.252 e. The van der Waals surface area contributed by atoms with Crippen LogP contribution in [0.25, 0.3) is 11.4 Å². The number of aromatic amines is 1. The molecule has 0 saturated carbocycles. The van der Waals surface area contributed by atoms with Crippen molar-refractivity contribution < 1.29 is 9.53 Å². The average Bonchev–Trinajstić information content (AvgIpc) is 2.93. The number of aromatic nitrogens is 3. The maximum absolute atomic E-state index is 12.2. The van der Waals surface area contributed by atoms with Crippen molar-refractivity contribution in [1.82, 2.24) is 20.5 Å². The minimum Gasteiger partial charge on any atom is -0.363 e. The zero-order valence-electron chi connectivity index (χ0n) is 13.4. The monoisotopic (exact) mass is 302 g/mol. The van der Waals surface area contributed by atoms with Crippen LogP contribution < -0.4 is 5.32 Å². The second-order valence-electron chi connectivity index (χ2n) is 5.83.